The SMILES string of the molecule is CCOc1cc2c(cc1C(=O)NCC(O)[C@@H]1Cc3ccccc3CN1)CN(CCc1ccc(F)cc1)C2=O.Cl. The number of aliphatic hydroxyl groups is 1. The van der Waals surface area contributed by atoms with Crippen molar-refractivity contribution < 1.29 is 23.8 Å². The molecule has 0 aromatic heterocycles. The average molecular weight is 554 g/mol. The molecule has 0 aliphatic carbocycles. The molecule has 1 unspecified atom stereocenters. The van der Waals surface area contributed by atoms with Gasteiger partial charge in [-0.1, -0.05) is 36.4 Å². The van der Waals surface area contributed by atoms with E-state index in [1.54, 1.807) is 29.2 Å². The van der Waals surface area contributed by atoms with Crippen molar-refractivity contribution in [1.29, 1.82) is 0 Å². The number of carbonyl (C=O) groups excluding carboxylic acids is 2. The van der Waals surface area contributed by atoms with E-state index in [1.165, 1.54) is 23.3 Å². The van der Waals surface area contributed by atoms with E-state index < -0.39 is 6.10 Å². The fourth-order valence-electron chi connectivity index (χ4n) is 5.14. The number of ether oxygens (including phenoxy) is 1. The van der Waals surface area contributed by atoms with E-state index in [0.717, 1.165) is 11.1 Å². The maximum absolute atomic E-state index is 13.2. The van der Waals surface area contributed by atoms with Gasteiger partial charge in [-0.3, -0.25) is 9.59 Å². The summed E-state index contributed by atoms with van der Waals surface area (Å²) >= 11 is 0. The summed E-state index contributed by atoms with van der Waals surface area (Å²) in [5.74, 6) is -0.421. The van der Waals surface area contributed by atoms with Gasteiger partial charge >= 0.3 is 0 Å². The van der Waals surface area contributed by atoms with Crippen LogP contribution in [0.15, 0.2) is 60.7 Å². The monoisotopic (exact) mass is 553 g/mol. The van der Waals surface area contributed by atoms with Crippen molar-refractivity contribution in [1.82, 2.24) is 15.5 Å². The summed E-state index contributed by atoms with van der Waals surface area (Å²) < 4.78 is 18.9. The lowest BCUT2D eigenvalue weighted by Gasteiger charge is -2.30. The third-order valence-electron chi connectivity index (χ3n) is 7.26. The zero-order valence-electron chi connectivity index (χ0n) is 21.8. The molecular formula is C30H33ClFN3O4. The van der Waals surface area contributed by atoms with E-state index in [-0.39, 0.29) is 42.6 Å². The predicted molar refractivity (Wildman–Crippen MR) is 149 cm³/mol. The number of nitrogens with zero attached hydrogens (tertiary/aromatic N) is 1. The highest BCUT2D eigenvalue weighted by atomic mass is 35.5. The maximum atomic E-state index is 13.2. The van der Waals surface area contributed by atoms with Gasteiger partial charge in [0.2, 0.25) is 0 Å². The topological polar surface area (TPSA) is 90.9 Å². The molecule has 2 aliphatic heterocycles. The second-order valence-electron chi connectivity index (χ2n) is 9.78. The van der Waals surface area contributed by atoms with Crippen LogP contribution in [0.4, 0.5) is 4.39 Å². The van der Waals surface area contributed by atoms with Gasteiger partial charge in [0.15, 0.2) is 0 Å². The Morgan fingerprint density at radius 2 is 1.90 bits per heavy atom. The average Bonchev–Trinajstić information content (AvgIpc) is 3.24. The molecule has 2 aliphatic rings. The fourth-order valence-corrected chi connectivity index (χ4v) is 5.14. The Bertz CT molecular complexity index is 1330. The predicted octanol–water partition coefficient (Wildman–Crippen LogP) is 3.65. The van der Waals surface area contributed by atoms with E-state index in [0.29, 0.717) is 56.0 Å². The van der Waals surface area contributed by atoms with Crippen molar-refractivity contribution in [2.24, 2.45) is 0 Å². The minimum Gasteiger partial charge on any atom is -0.493 e. The van der Waals surface area contributed by atoms with Gasteiger partial charge in [-0.25, -0.2) is 4.39 Å². The van der Waals surface area contributed by atoms with E-state index in [9.17, 15) is 19.1 Å². The minimum atomic E-state index is -0.763. The van der Waals surface area contributed by atoms with Crippen LogP contribution in [-0.4, -0.2) is 53.7 Å². The van der Waals surface area contributed by atoms with Crippen molar-refractivity contribution >= 4 is 24.2 Å². The van der Waals surface area contributed by atoms with Gasteiger partial charge in [0.25, 0.3) is 11.8 Å². The van der Waals surface area contributed by atoms with Crippen LogP contribution in [0.25, 0.3) is 0 Å². The zero-order valence-corrected chi connectivity index (χ0v) is 22.6. The molecule has 0 spiro atoms. The summed E-state index contributed by atoms with van der Waals surface area (Å²) in [6, 6.07) is 17.6. The Morgan fingerprint density at radius 3 is 2.64 bits per heavy atom. The minimum absolute atomic E-state index is 0. The summed E-state index contributed by atoms with van der Waals surface area (Å²) in [5.41, 5.74) is 4.99. The normalized spacial score (nSPS) is 16.6. The number of benzene rings is 3. The molecule has 9 heteroatoms. The van der Waals surface area contributed by atoms with Gasteiger partial charge in [0.05, 0.1) is 18.3 Å². The molecule has 0 radical (unpaired) electrons. The lowest BCUT2D eigenvalue weighted by Crippen LogP contribution is -2.49. The van der Waals surface area contributed by atoms with Gasteiger partial charge in [-0.05, 0) is 66.3 Å². The third-order valence-corrected chi connectivity index (χ3v) is 7.26. The van der Waals surface area contributed by atoms with Gasteiger partial charge in [0, 0.05) is 37.8 Å². The number of halogens is 2. The summed E-state index contributed by atoms with van der Waals surface area (Å²) in [7, 11) is 0. The molecule has 2 amide bonds. The first kappa shape index (κ1) is 28.5. The first-order chi connectivity index (χ1) is 18.4. The first-order valence-corrected chi connectivity index (χ1v) is 13.0. The molecule has 0 saturated heterocycles. The second-order valence-corrected chi connectivity index (χ2v) is 9.78. The van der Waals surface area contributed by atoms with Crippen LogP contribution in [0, 0.1) is 5.82 Å². The van der Waals surface area contributed by atoms with Gasteiger partial charge in [0.1, 0.15) is 11.6 Å². The van der Waals surface area contributed by atoms with Crippen LogP contribution < -0.4 is 15.4 Å². The van der Waals surface area contributed by atoms with Crippen molar-refractivity contribution in [3.8, 4) is 5.75 Å². The van der Waals surface area contributed by atoms with E-state index >= 15 is 0 Å². The molecule has 206 valence electrons. The lowest BCUT2D eigenvalue weighted by molar-refractivity contribution is 0.0779. The third kappa shape index (κ3) is 6.41. The second kappa shape index (κ2) is 12.6. The van der Waals surface area contributed by atoms with Gasteiger partial charge in [-0.15, -0.1) is 12.4 Å². The molecule has 7 nitrogen and oxygen atoms in total. The van der Waals surface area contributed by atoms with Crippen LogP contribution in [0.3, 0.4) is 0 Å². The van der Waals surface area contributed by atoms with E-state index in [4.69, 9.17) is 4.74 Å². The van der Waals surface area contributed by atoms with E-state index in [2.05, 4.69) is 22.8 Å². The number of nitrogens with one attached hydrogen (secondary N) is 2. The van der Waals surface area contributed by atoms with E-state index in [1.807, 2.05) is 19.1 Å². The number of fused-ring (bicyclic) bond motifs is 2. The molecule has 0 bridgehead atoms. The Labute approximate surface area is 233 Å². The van der Waals surface area contributed by atoms with Crippen molar-refractivity contribution in [3.05, 3.63) is 99.9 Å². The smallest absolute Gasteiger partial charge is 0.255 e. The number of hydrogen-bond acceptors (Lipinski definition) is 5. The van der Waals surface area contributed by atoms with Crippen LogP contribution in [0.1, 0.15) is 49.9 Å². The van der Waals surface area contributed by atoms with Gasteiger partial charge < -0.3 is 25.4 Å². The number of rotatable bonds is 9. The van der Waals surface area contributed by atoms with Crippen LogP contribution in [0.5, 0.6) is 5.75 Å². The van der Waals surface area contributed by atoms with Crippen molar-refractivity contribution in [2.45, 2.75) is 45.0 Å². The Morgan fingerprint density at radius 1 is 1.15 bits per heavy atom. The quantitative estimate of drug-likeness (QED) is 0.376. The Kier molecular flexibility index (Phi) is 9.22. The largest absolute Gasteiger partial charge is 0.493 e. The summed E-state index contributed by atoms with van der Waals surface area (Å²) in [6.07, 6.45) is 0.524. The molecule has 2 atom stereocenters. The highest BCUT2D eigenvalue weighted by Crippen LogP contribution is 2.31. The van der Waals surface area contributed by atoms with Gasteiger partial charge in [-0.2, -0.15) is 0 Å². The number of amides is 2. The van der Waals surface area contributed by atoms with Crippen molar-refractivity contribution in [2.75, 3.05) is 19.7 Å². The fraction of sp³-hybridized carbons (Fsp3) is 0.333. The molecule has 5 rings (SSSR count). The van der Waals surface area contributed by atoms with Crippen LogP contribution >= 0.6 is 12.4 Å². The highest BCUT2D eigenvalue weighted by Gasteiger charge is 2.31. The summed E-state index contributed by atoms with van der Waals surface area (Å²) in [4.78, 5) is 28.0. The van der Waals surface area contributed by atoms with Crippen molar-refractivity contribution in [3.63, 3.8) is 0 Å². The molecule has 3 aromatic rings. The molecular weight excluding hydrogens is 521 g/mol. The highest BCUT2D eigenvalue weighted by molar-refractivity contribution is 6.03. The zero-order chi connectivity index (χ0) is 26.6. The first-order valence-electron chi connectivity index (χ1n) is 13.0. The Balaban J connectivity index is 0.00000353. The summed E-state index contributed by atoms with van der Waals surface area (Å²) in [6.45, 7) is 3.79. The number of hydrogen-bond donors (Lipinski definition) is 3. The molecule has 0 fully saturated rings. The molecule has 0 saturated carbocycles. The maximum Gasteiger partial charge on any atom is 0.255 e. The van der Waals surface area contributed by atoms with Crippen LogP contribution in [0.2, 0.25) is 0 Å². The Hall–Kier alpha value is -3.46. The molecule has 39 heavy (non-hydrogen) atoms. The summed E-state index contributed by atoms with van der Waals surface area (Å²) in [5, 5.41) is 17.0. The standard InChI is InChI=1S/C30H32FN3O4.ClH/c1-2-38-28-15-24-22(18-34(30(24)37)12-11-19-7-9-23(31)10-8-19)13-25(28)29(36)33-17-27(35)26-14-20-5-3-4-6-21(20)16-32-26;/h3-10,13,15,26-27,32,35H,2,11-12,14,16-18H2,1H3,(H,33,36);1H/t26-,27?;/m0./s1. The molecule has 2 heterocycles. The lowest BCUT2D eigenvalue weighted by atomic mass is 9.93. The van der Waals surface area contributed by atoms with Crippen LogP contribution in [-0.2, 0) is 25.9 Å². The number of carbonyl (C=O) groups is 2. The number of aliphatic hydroxyl groups excluding tert-OH is 1. The molecule has 3 N–H and O–H groups in total. The molecule has 3 aromatic carbocycles.